The molecule has 0 saturated carbocycles. The fourth-order valence-electron chi connectivity index (χ4n) is 4.41. The summed E-state index contributed by atoms with van der Waals surface area (Å²) in [5.41, 5.74) is 2.27. The van der Waals surface area contributed by atoms with E-state index in [-0.39, 0.29) is 17.9 Å². The minimum atomic E-state index is -2.11. The second-order valence-corrected chi connectivity index (χ2v) is 13.1. The molecule has 0 radical (unpaired) electrons. The van der Waals surface area contributed by atoms with Crippen molar-refractivity contribution in [1.29, 1.82) is 5.26 Å². The van der Waals surface area contributed by atoms with Crippen LogP contribution in [0.25, 0.3) is 5.52 Å². The Bertz CT molecular complexity index is 1430. The molecule has 2 aromatic heterocycles. The van der Waals surface area contributed by atoms with Crippen LogP contribution in [0.15, 0.2) is 18.5 Å². The number of fused-ring (bicyclic) bond motifs is 1. The van der Waals surface area contributed by atoms with E-state index in [0.29, 0.717) is 24.8 Å². The molecule has 14 nitrogen and oxygen atoms in total. The number of carbonyl (C=O) groups excluding carboxylic acids is 3. The first-order valence-corrected chi connectivity index (χ1v) is 15.1. The lowest BCUT2D eigenvalue weighted by Gasteiger charge is -2.31. The first-order chi connectivity index (χ1) is 20.9. The van der Waals surface area contributed by atoms with Crippen LogP contribution < -0.4 is 5.73 Å². The van der Waals surface area contributed by atoms with E-state index in [9.17, 15) is 19.6 Å². The summed E-state index contributed by atoms with van der Waals surface area (Å²) in [5.74, 6) is -0.536. The van der Waals surface area contributed by atoms with Gasteiger partial charge in [0, 0.05) is 0 Å². The van der Waals surface area contributed by atoms with E-state index >= 15 is 0 Å². The van der Waals surface area contributed by atoms with Gasteiger partial charge in [-0.3, -0.25) is 4.79 Å². The van der Waals surface area contributed by atoms with Crippen molar-refractivity contribution in [3.63, 3.8) is 0 Å². The van der Waals surface area contributed by atoms with Gasteiger partial charge in [-0.2, -0.15) is 10.4 Å². The third kappa shape index (κ3) is 8.13. The Morgan fingerprint density at radius 2 is 1.62 bits per heavy atom. The van der Waals surface area contributed by atoms with Gasteiger partial charge in [0.25, 0.3) is 0 Å². The Labute approximate surface area is 263 Å². The van der Waals surface area contributed by atoms with Crippen molar-refractivity contribution in [1.82, 2.24) is 14.6 Å². The minimum Gasteiger partial charge on any atom is -0.453 e. The van der Waals surface area contributed by atoms with Gasteiger partial charge in [-0.1, -0.05) is 41.0 Å². The van der Waals surface area contributed by atoms with E-state index in [2.05, 4.69) is 16.2 Å². The molecule has 0 unspecified atom stereocenters. The summed E-state index contributed by atoms with van der Waals surface area (Å²) in [6.07, 6.45) is -3.57. The number of anilines is 1. The highest BCUT2D eigenvalue weighted by molar-refractivity contribution is 5.71. The van der Waals surface area contributed by atoms with Crippen molar-refractivity contribution >= 4 is 29.6 Å². The molecule has 2 aromatic rings. The summed E-state index contributed by atoms with van der Waals surface area (Å²) in [7, 11) is 0. The molecule has 2 N–H and O–H groups in total. The van der Waals surface area contributed by atoms with Crippen molar-refractivity contribution in [3.05, 3.63) is 24.2 Å². The molecule has 1 aliphatic heterocycles. The molecule has 0 aliphatic carbocycles. The summed E-state index contributed by atoms with van der Waals surface area (Å²) in [6.45, 7) is 15.7. The number of aromatic nitrogens is 3. The van der Waals surface area contributed by atoms with Gasteiger partial charge in [0.15, 0.2) is 18.0 Å². The van der Waals surface area contributed by atoms with Crippen LogP contribution >= 0.6 is 0 Å². The van der Waals surface area contributed by atoms with Crippen LogP contribution in [-0.2, 0) is 38.8 Å². The average Bonchev–Trinajstić information content (AvgIpc) is 3.52. The number of nitrogen functional groups attached to an aromatic ring is 1. The second-order valence-electron chi connectivity index (χ2n) is 13.1. The van der Waals surface area contributed by atoms with E-state index in [1.165, 1.54) is 16.9 Å². The maximum atomic E-state index is 13.4. The van der Waals surface area contributed by atoms with Crippen LogP contribution in [0, 0.1) is 16.7 Å². The molecule has 3 rings (SSSR count). The SMILES string of the molecule is CCC(C)(C)CC(=O)O[C@@H]1[C@H](OC(=O)OC(C)(C)CC)[C@@H](COC(=O)OC(C)(C)CC)O[C@@]1(C#N)c1ccc2c(N)ncnn12. The van der Waals surface area contributed by atoms with Crippen LogP contribution in [0.1, 0.15) is 93.7 Å². The molecule has 3 heterocycles. The molecule has 45 heavy (non-hydrogen) atoms. The zero-order chi connectivity index (χ0) is 33.8. The Balaban J connectivity index is 2.12. The van der Waals surface area contributed by atoms with E-state index < -0.39 is 65.4 Å². The summed E-state index contributed by atoms with van der Waals surface area (Å²) in [6, 6.07) is 5.23. The lowest BCUT2D eigenvalue weighted by atomic mass is 9.86. The number of carbonyl (C=O) groups is 3. The summed E-state index contributed by atoms with van der Waals surface area (Å²) in [4.78, 5) is 43.2. The third-order valence-corrected chi connectivity index (χ3v) is 8.29. The topological polar surface area (TPSA) is 187 Å². The third-order valence-electron chi connectivity index (χ3n) is 8.29. The van der Waals surface area contributed by atoms with Gasteiger partial charge in [0.05, 0.1) is 12.1 Å². The second kappa shape index (κ2) is 13.5. The largest absolute Gasteiger partial charge is 0.509 e. The fraction of sp³-hybridized carbons (Fsp3) is 0.677. The number of nitrogens with zero attached hydrogens (tertiary/aromatic N) is 4. The van der Waals surface area contributed by atoms with Gasteiger partial charge in [0.2, 0.25) is 5.60 Å². The quantitative estimate of drug-likeness (QED) is 0.237. The molecular formula is C31H45N5O9. The molecule has 4 atom stereocenters. The molecule has 0 aromatic carbocycles. The monoisotopic (exact) mass is 631 g/mol. The zero-order valence-electron chi connectivity index (χ0n) is 27.5. The van der Waals surface area contributed by atoms with Crippen LogP contribution in [0.2, 0.25) is 0 Å². The predicted octanol–water partition coefficient (Wildman–Crippen LogP) is 5.22. The normalized spacial score (nSPS) is 22.0. The maximum absolute atomic E-state index is 13.4. The first-order valence-electron chi connectivity index (χ1n) is 15.1. The Hall–Kier alpha value is -4.12. The van der Waals surface area contributed by atoms with Gasteiger partial charge in [0.1, 0.15) is 41.8 Å². The van der Waals surface area contributed by atoms with Crippen LogP contribution in [-0.4, -0.2) is 69.0 Å². The van der Waals surface area contributed by atoms with E-state index in [4.69, 9.17) is 34.2 Å². The minimum absolute atomic E-state index is 0.00878. The molecule has 1 fully saturated rings. The highest BCUT2D eigenvalue weighted by Gasteiger charge is 2.63. The lowest BCUT2D eigenvalue weighted by molar-refractivity contribution is -0.163. The molecule has 1 aliphatic rings. The average molecular weight is 632 g/mol. The van der Waals surface area contributed by atoms with Crippen LogP contribution in [0.3, 0.4) is 0 Å². The molecule has 0 bridgehead atoms. The van der Waals surface area contributed by atoms with E-state index in [1.54, 1.807) is 33.8 Å². The molecule has 1 saturated heterocycles. The molecular weight excluding hydrogens is 586 g/mol. The highest BCUT2D eigenvalue weighted by atomic mass is 16.8. The molecule has 0 spiro atoms. The molecule has 14 heteroatoms. The van der Waals surface area contributed by atoms with Crippen LogP contribution in [0.5, 0.6) is 0 Å². The number of hydrogen-bond acceptors (Lipinski definition) is 13. The van der Waals surface area contributed by atoms with Crippen molar-refractivity contribution in [2.45, 2.75) is 123 Å². The standard InChI is InChI=1S/C31H45N5O9/c1-10-28(4,5)15-22(37)41-24-23(42-27(39)45-30(8,9)12-3)20(16-40-26(38)44-29(6,7)11-2)43-31(24,17-32)21-14-13-19-25(33)34-18-35-36(19)21/h13-14,18,20,23-24H,10-12,15-16H2,1-9H3,(H2,33,34,35)/t20-,23-,24-,31+/m1/s1. The summed E-state index contributed by atoms with van der Waals surface area (Å²) >= 11 is 0. The van der Waals surface area contributed by atoms with Gasteiger partial charge in [-0.15, -0.1) is 0 Å². The highest BCUT2D eigenvalue weighted by Crippen LogP contribution is 2.44. The number of ether oxygens (including phenoxy) is 6. The number of rotatable bonds is 12. The number of esters is 1. The predicted molar refractivity (Wildman–Crippen MR) is 161 cm³/mol. The maximum Gasteiger partial charge on any atom is 0.509 e. The van der Waals surface area contributed by atoms with Gasteiger partial charge in [-0.25, -0.2) is 19.1 Å². The fourth-order valence-corrected chi connectivity index (χ4v) is 4.41. The van der Waals surface area contributed by atoms with E-state index in [0.717, 1.165) is 0 Å². The smallest absolute Gasteiger partial charge is 0.453 e. The lowest BCUT2D eigenvalue weighted by Crippen LogP contribution is -2.47. The summed E-state index contributed by atoms with van der Waals surface area (Å²) < 4.78 is 35.7. The summed E-state index contributed by atoms with van der Waals surface area (Å²) in [5, 5.41) is 15.0. The zero-order valence-corrected chi connectivity index (χ0v) is 27.5. The number of hydrogen-bond donors (Lipinski definition) is 1. The van der Waals surface area contributed by atoms with Gasteiger partial charge in [-0.05, 0) is 58.1 Å². The Morgan fingerprint density at radius 3 is 2.20 bits per heavy atom. The first kappa shape index (κ1) is 35.4. The van der Waals surface area contributed by atoms with Crippen molar-refractivity contribution in [2.24, 2.45) is 5.41 Å². The Morgan fingerprint density at radius 1 is 1.00 bits per heavy atom. The Kier molecular flexibility index (Phi) is 10.6. The van der Waals surface area contributed by atoms with Crippen molar-refractivity contribution in [3.8, 4) is 6.07 Å². The van der Waals surface area contributed by atoms with E-state index in [1.807, 2.05) is 34.6 Å². The van der Waals surface area contributed by atoms with Crippen molar-refractivity contribution < 1.29 is 42.8 Å². The number of nitriles is 1. The molecule has 0 amide bonds. The van der Waals surface area contributed by atoms with Crippen LogP contribution in [0.4, 0.5) is 15.4 Å². The van der Waals surface area contributed by atoms with Crippen molar-refractivity contribution in [2.75, 3.05) is 12.3 Å². The van der Waals surface area contributed by atoms with Gasteiger partial charge < -0.3 is 34.2 Å². The number of nitrogens with two attached hydrogens (primary N) is 1. The van der Waals surface area contributed by atoms with Gasteiger partial charge >= 0.3 is 18.3 Å². The molecule has 248 valence electrons.